The van der Waals surface area contributed by atoms with Gasteiger partial charge >= 0.3 is 0 Å². The Morgan fingerprint density at radius 1 is 1.22 bits per heavy atom. The van der Waals surface area contributed by atoms with Crippen molar-refractivity contribution in [1.29, 1.82) is 0 Å². The maximum atomic E-state index is 11.7. The second kappa shape index (κ2) is 8.33. The van der Waals surface area contributed by atoms with Gasteiger partial charge in [-0.1, -0.05) is 26.8 Å². The Hall–Kier alpha value is -2.70. The molecule has 0 atom stereocenters. The summed E-state index contributed by atoms with van der Waals surface area (Å²) in [5.41, 5.74) is 3.52. The number of carbonyl (C=O) groups excluding carboxylic acids is 2. The summed E-state index contributed by atoms with van der Waals surface area (Å²) < 4.78 is 0. The van der Waals surface area contributed by atoms with Crippen molar-refractivity contribution in [3.8, 4) is 0 Å². The Labute approximate surface area is 159 Å². The average Bonchev–Trinajstić information content (AvgIpc) is 3.33. The molecule has 144 valence electrons. The Morgan fingerprint density at radius 2 is 2.04 bits per heavy atom. The van der Waals surface area contributed by atoms with Gasteiger partial charge in [-0.05, 0) is 18.1 Å². The van der Waals surface area contributed by atoms with Crippen LogP contribution in [0.25, 0.3) is 0 Å². The molecule has 0 aromatic carbocycles. The fourth-order valence-corrected chi connectivity index (χ4v) is 3.42. The quantitative estimate of drug-likeness (QED) is 0.881. The molecule has 0 unspecified atom stereocenters. The summed E-state index contributed by atoms with van der Waals surface area (Å²) in [5.74, 6) is 1.34. The van der Waals surface area contributed by atoms with Crippen LogP contribution in [0.15, 0.2) is 24.5 Å². The summed E-state index contributed by atoms with van der Waals surface area (Å²) in [7, 11) is 0. The number of rotatable bonds is 2. The average molecular weight is 369 g/mol. The van der Waals surface area contributed by atoms with Crippen molar-refractivity contribution in [1.82, 2.24) is 20.1 Å². The van der Waals surface area contributed by atoms with Gasteiger partial charge in [-0.3, -0.25) is 19.6 Å². The predicted octanol–water partition coefficient (Wildman–Crippen LogP) is 2.33. The number of nitrogens with one attached hydrogen (secondary N) is 1. The first kappa shape index (κ1) is 19.1. The van der Waals surface area contributed by atoms with Crippen LogP contribution in [0.3, 0.4) is 0 Å². The van der Waals surface area contributed by atoms with Gasteiger partial charge in [-0.25, -0.2) is 4.98 Å². The second-order valence-electron chi connectivity index (χ2n) is 7.17. The van der Waals surface area contributed by atoms with Crippen LogP contribution in [-0.4, -0.2) is 45.0 Å². The number of carbonyl (C=O) groups is 2. The molecule has 7 heteroatoms. The van der Waals surface area contributed by atoms with E-state index in [2.05, 4.69) is 15.2 Å². The molecule has 0 bridgehead atoms. The number of fused-ring (bicyclic) bond motifs is 2. The Morgan fingerprint density at radius 3 is 2.78 bits per heavy atom. The monoisotopic (exact) mass is 369 g/mol. The van der Waals surface area contributed by atoms with Crippen molar-refractivity contribution in [3.63, 3.8) is 0 Å². The number of aromatic nitrogens is 3. The van der Waals surface area contributed by atoms with E-state index < -0.39 is 0 Å². The number of aromatic amines is 1. The zero-order valence-corrected chi connectivity index (χ0v) is 16.2. The zero-order chi connectivity index (χ0) is 19.4. The van der Waals surface area contributed by atoms with Crippen LogP contribution < -0.4 is 4.90 Å². The van der Waals surface area contributed by atoms with Gasteiger partial charge in [0.2, 0.25) is 11.8 Å². The normalized spacial score (nSPS) is 15.1. The second-order valence-corrected chi connectivity index (χ2v) is 7.17. The number of nitrogens with zero attached hydrogens (tertiary/aromatic N) is 4. The molecule has 1 N–H and O–H groups in total. The van der Waals surface area contributed by atoms with E-state index in [4.69, 9.17) is 0 Å². The van der Waals surface area contributed by atoms with Gasteiger partial charge < -0.3 is 4.90 Å². The molecular formula is C20H27N5O2. The number of pyridine rings is 1. The van der Waals surface area contributed by atoms with E-state index in [9.17, 15) is 9.59 Å². The highest BCUT2D eigenvalue weighted by Gasteiger charge is 2.24. The maximum Gasteiger partial charge on any atom is 0.227 e. The molecule has 2 amide bonds. The third kappa shape index (κ3) is 4.18. The fraction of sp³-hybridized carbons (Fsp3) is 0.500. The molecule has 27 heavy (non-hydrogen) atoms. The van der Waals surface area contributed by atoms with Gasteiger partial charge in [0.25, 0.3) is 0 Å². The molecule has 4 rings (SSSR count). The largest absolute Gasteiger partial charge is 0.338 e. The molecule has 0 spiro atoms. The minimum absolute atomic E-state index is 0.0865. The first-order chi connectivity index (χ1) is 13.0. The molecule has 2 aliphatic heterocycles. The highest BCUT2D eigenvalue weighted by atomic mass is 16.2. The summed E-state index contributed by atoms with van der Waals surface area (Å²) in [6.07, 6.45) is 5.94. The Bertz CT molecular complexity index is 814. The van der Waals surface area contributed by atoms with E-state index in [1.165, 1.54) is 11.3 Å². The van der Waals surface area contributed by atoms with E-state index in [-0.39, 0.29) is 17.7 Å². The van der Waals surface area contributed by atoms with Crippen LogP contribution in [0.4, 0.5) is 5.82 Å². The third-order valence-corrected chi connectivity index (χ3v) is 4.94. The van der Waals surface area contributed by atoms with E-state index in [0.717, 1.165) is 37.3 Å². The molecule has 2 aromatic rings. The molecule has 2 aliphatic rings. The lowest BCUT2D eigenvalue weighted by Gasteiger charge is -2.27. The van der Waals surface area contributed by atoms with Gasteiger partial charge in [-0.15, -0.1) is 0 Å². The molecule has 0 saturated carbocycles. The van der Waals surface area contributed by atoms with Gasteiger partial charge in [0.05, 0.1) is 6.20 Å². The van der Waals surface area contributed by atoms with Crippen LogP contribution >= 0.6 is 0 Å². The summed E-state index contributed by atoms with van der Waals surface area (Å²) in [6.45, 7) is 8.07. The maximum absolute atomic E-state index is 11.7. The van der Waals surface area contributed by atoms with Crippen LogP contribution in [-0.2, 0) is 29.0 Å². The highest BCUT2D eigenvalue weighted by molar-refractivity contribution is 5.94. The van der Waals surface area contributed by atoms with Crippen LogP contribution in [0, 0.1) is 5.92 Å². The van der Waals surface area contributed by atoms with E-state index in [1.807, 2.05) is 44.0 Å². The summed E-state index contributed by atoms with van der Waals surface area (Å²) in [4.78, 5) is 31.1. The predicted molar refractivity (Wildman–Crippen MR) is 103 cm³/mol. The molecular weight excluding hydrogens is 342 g/mol. The molecule has 4 heterocycles. The molecule has 0 saturated heterocycles. The van der Waals surface area contributed by atoms with Crippen molar-refractivity contribution >= 4 is 17.6 Å². The first-order valence-corrected chi connectivity index (χ1v) is 9.55. The smallest absolute Gasteiger partial charge is 0.227 e. The molecule has 2 aromatic heterocycles. The van der Waals surface area contributed by atoms with Crippen molar-refractivity contribution in [2.45, 2.75) is 46.6 Å². The van der Waals surface area contributed by atoms with Crippen molar-refractivity contribution in [3.05, 3.63) is 41.3 Å². The minimum Gasteiger partial charge on any atom is -0.338 e. The lowest BCUT2D eigenvalue weighted by atomic mass is 10.1. The third-order valence-electron chi connectivity index (χ3n) is 4.94. The number of amides is 2. The van der Waals surface area contributed by atoms with Crippen LogP contribution in [0.5, 0.6) is 0 Å². The summed E-state index contributed by atoms with van der Waals surface area (Å²) in [5, 5.41) is 6.94. The Balaban J connectivity index is 0.000000156. The van der Waals surface area contributed by atoms with E-state index >= 15 is 0 Å². The van der Waals surface area contributed by atoms with Crippen LogP contribution in [0.1, 0.15) is 44.0 Å². The van der Waals surface area contributed by atoms with E-state index in [1.54, 1.807) is 11.1 Å². The standard InChI is InChI=1S/C10H15N3O.C10H12N2O/c1-7(2)10(14)13-4-3-9-8(6-13)5-11-12-9;1-2-9(13)12-7-5-8-4-3-6-11-10(8)12/h5,7H,3-4,6H2,1-2H3,(H,11,12);3-4,6H,2,5,7H2,1H3. The fourth-order valence-electron chi connectivity index (χ4n) is 3.42. The van der Waals surface area contributed by atoms with Crippen molar-refractivity contribution in [2.75, 3.05) is 18.0 Å². The molecule has 7 nitrogen and oxygen atoms in total. The number of anilines is 1. The summed E-state index contributed by atoms with van der Waals surface area (Å²) >= 11 is 0. The van der Waals surface area contributed by atoms with Gasteiger partial charge in [0.1, 0.15) is 5.82 Å². The number of hydrogen-bond donors (Lipinski definition) is 1. The van der Waals surface area contributed by atoms with Gasteiger partial charge in [0.15, 0.2) is 0 Å². The van der Waals surface area contributed by atoms with Gasteiger partial charge in [-0.2, -0.15) is 5.10 Å². The summed E-state index contributed by atoms with van der Waals surface area (Å²) in [6, 6.07) is 3.95. The zero-order valence-electron chi connectivity index (χ0n) is 16.2. The lowest BCUT2D eigenvalue weighted by molar-refractivity contribution is -0.135. The molecule has 0 radical (unpaired) electrons. The highest BCUT2D eigenvalue weighted by Crippen LogP contribution is 2.25. The van der Waals surface area contributed by atoms with Crippen LogP contribution in [0.2, 0.25) is 0 Å². The minimum atomic E-state index is 0.0865. The first-order valence-electron chi connectivity index (χ1n) is 9.55. The SMILES string of the molecule is CC(C)C(=O)N1CCc2[nH]ncc2C1.CCC(=O)N1CCc2cccnc21. The van der Waals surface area contributed by atoms with E-state index in [0.29, 0.717) is 13.0 Å². The number of hydrogen-bond acceptors (Lipinski definition) is 4. The van der Waals surface area contributed by atoms with Gasteiger partial charge in [0, 0.05) is 55.8 Å². The molecule has 0 fully saturated rings. The number of H-pyrrole nitrogens is 1. The molecule has 0 aliphatic carbocycles. The Kier molecular flexibility index (Phi) is 5.88. The van der Waals surface area contributed by atoms with Crippen molar-refractivity contribution in [2.24, 2.45) is 5.92 Å². The van der Waals surface area contributed by atoms with Crippen molar-refractivity contribution < 1.29 is 9.59 Å². The lowest BCUT2D eigenvalue weighted by Crippen LogP contribution is -2.38. The topological polar surface area (TPSA) is 82.2 Å².